The van der Waals surface area contributed by atoms with E-state index in [2.05, 4.69) is 10.3 Å². The molecule has 0 radical (unpaired) electrons. The summed E-state index contributed by atoms with van der Waals surface area (Å²) in [5, 5.41) is 3.74. The Morgan fingerprint density at radius 3 is 3.15 bits per heavy atom. The van der Waals surface area contributed by atoms with Gasteiger partial charge in [0.25, 0.3) is 0 Å². The van der Waals surface area contributed by atoms with Gasteiger partial charge in [0.15, 0.2) is 0 Å². The Kier molecular flexibility index (Phi) is 2.20. The summed E-state index contributed by atoms with van der Waals surface area (Å²) < 4.78 is 1.93. The fourth-order valence-corrected chi connectivity index (χ4v) is 1.63. The van der Waals surface area contributed by atoms with E-state index in [1.807, 2.05) is 29.6 Å². The monoisotopic (exact) mass is 195 g/mol. The number of pyridine rings is 1. The van der Waals surface area contributed by atoms with Crippen molar-refractivity contribution in [3.05, 3.63) is 35.2 Å². The van der Waals surface area contributed by atoms with Crippen molar-refractivity contribution in [2.75, 3.05) is 7.05 Å². The Morgan fingerprint density at radius 1 is 1.54 bits per heavy atom. The molecule has 1 N–H and O–H groups in total. The predicted octanol–water partition coefficient (Wildman–Crippen LogP) is 1.71. The van der Waals surface area contributed by atoms with Gasteiger partial charge in [0.2, 0.25) is 0 Å². The zero-order valence-corrected chi connectivity index (χ0v) is 8.04. The van der Waals surface area contributed by atoms with Crippen molar-refractivity contribution < 1.29 is 0 Å². The van der Waals surface area contributed by atoms with Crippen molar-refractivity contribution in [3.63, 3.8) is 0 Å². The Bertz CT molecular complexity index is 422. The summed E-state index contributed by atoms with van der Waals surface area (Å²) in [7, 11) is 1.91. The largest absolute Gasteiger partial charge is 0.314 e. The summed E-state index contributed by atoms with van der Waals surface area (Å²) in [6.07, 6.45) is 1.66. The zero-order valence-electron chi connectivity index (χ0n) is 7.29. The normalized spacial score (nSPS) is 10.9. The maximum Gasteiger partial charge on any atom is 0.138 e. The van der Waals surface area contributed by atoms with Gasteiger partial charge in [-0.1, -0.05) is 17.7 Å². The fourth-order valence-electron chi connectivity index (χ4n) is 1.39. The molecule has 0 spiro atoms. The molecule has 2 aromatic rings. The SMILES string of the molecule is CNCc1cccc2ncc(Cl)n12. The van der Waals surface area contributed by atoms with Crippen molar-refractivity contribution in [1.29, 1.82) is 0 Å². The first kappa shape index (κ1) is 8.53. The third-order valence-corrected chi connectivity index (χ3v) is 2.19. The van der Waals surface area contributed by atoms with Crippen molar-refractivity contribution in [2.45, 2.75) is 6.54 Å². The number of nitrogens with one attached hydrogen (secondary N) is 1. The van der Waals surface area contributed by atoms with E-state index in [-0.39, 0.29) is 0 Å². The molecule has 0 saturated carbocycles. The van der Waals surface area contributed by atoms with Gasteiger partial charge in [-0.15, -0.1) is 0 Å². The third-order valence-electron chi connectivity index (χ3n) is 1.93. The van der Waals surface area contributed by atoms with E-state index in [1.165, 1.54) is 0 Å². The second kappa shape index (κ2) is 3.36. The Morgan fingerprint density at radius 2 is 2.38 bits per heavy atom. The molecule has 3 nitrogen and oxygen atoms in total. The summed E-state index contributed by atoms with van der Waals surface area (Å²) in [5.41, 5.74) is 2.00. The van der Waals surface area contributed by atoms with Crippen molar-refractivity contribution in [3.8, 4) is 0 Å². The Balaban J connectivity index is 2.65. The molecule has 0 aliphatic heterocycles. The molecule has 0 fully saturated rings. The number of halogens is 1. The smallest absolute Gasteiger partial charge is 0.138 e. The number of aromatic nitrogens is 2. The van der Waals surface area contributed by atoms with Gasteiger partial charge in [0.05, 0.1) is 6.20 Å². The van der Waals surface area contributed by atoms with Crippen molar-refractivity contribution in [1.82, 2.24) is 14.7 Å². The summed E-state index contributed by atoms with van der Waals surface area (Å²) in [5.74, 6) is 0. The van der Waals surface area contributed by atoms with E-state index < -0.39 is 0 Å². The van der Waals surface area contributed by atoms with Gasteiger partial charge in [0.1, 0.15) is 10.8 Å². The first-order valence-corrected chi connectivity index (χ1v) is 4.46. The lowest BCUT2D eigenvalue weighted by atomic mass is 10.3. The van der Waals surface area contributed by atoms with Crippen LogP contribution in [-0.2, 0) is 6.54 Å². The van der Waals surface area contributed by atoms with Gasteiger partial charge in [-0.05, 0) is 19.2 Å². The molecule has 13 heavy (non-hydrogen) atoms. The molecule has 0 amide bonds. The highest BCUT2D eigenvalue weighted by molar-refractivity contribution is 6.29. The highest BCUT2D eigenvalue weighted by Gasteiger charge is 2.03. The molecule has 2 heterocycles. The van der Waals surface area contributed by atoms with Crippen LogP contribution in [0.1, 0.15) is 5.69 Å². The molecule has 2 aromatic heterocycles. The first-order chi connectivity index (χ1) is 6.33. The van der Waals surface area contributed by atoms with Crippen molar-refractivity contribution in [2.24, 2.45) is 0 Å². The average molecular weight is 196 g/mol. The van der Waals surface area contributed by atoms with Crippen LogP contribution in [0.15, 0.2) is 24.4 Å². The lowest BCUT2D eigenvalue weighted by Crippen LogP contribution is -2.09. The van der Waals surface area contributed by atoms with Crippen LogP contribution in [0.4, 0.5) is 0 Å². The summed E-state index contributed by atoms with van der Waals surface area (Å²) in [6.45, 7) is 0.785. The lowest BCUT2D eigenvalue weighted by molar-refractivity contribution is 0.778. The maximum atomic E-state index is 5.99. The van der Waals surface area contributed by atoms with Gasteiger partial charge < -0.3 is 5.32 Å². The van der Waals surface area contributed by atoms with Gasteiger partial charge in [-0.3, -0.25) is 4.40 Å². The minimum Gasteiger partial charge on any atom is -0.314 e. The van der Waals surface area contributed by atoms with Crippen LogP contribution in [0, 0.1) is 0 Å². The second-order valence-electron chi connectivity index (χ2n) is 2.82. The first-order valence-electron chi connectivity index (χ1n) is 4.08. The molecular weight excluding hydrogens is 186 g/mol. The van der Waals surface area contributed by atoms with Gasteiger partial charge >= 0.3 is 0 Å². The number of nitrogens with zero attached hydrogens (tertiary/aromatic N) is 2. The fraction of sp³-hybridized carbons (Fsp3) is 0.222. The molecule has 0 bridgehead atoms. The average Bonchev–Trinajstić information content (AvgIpc) is 2.50. The van der Waals surface area contributed by atoms with E-state index in [9.17, 15) is 0 Å². The van der Waals surface area contributed by atoms with Crippen molar-refractivity contribution >= 4 is 17.2 Å². The zero-order chi connectivity index (χ0) is 9.26. The standard InChI is InChI=1S/C9H10ClN3/c1-11-5-7-3-2-4-9-12-6-8(10)13(7)9/h2-4,6,11H,5H2,1H3. The van der Waals surface area contributed by atoms with Crippen LogP contribution in [0.25, 0.3) is 5.65 Å². The van der Waals surface area contributed by atoms with Crippen LogP contribution >= 0.6 is 11.6 Å². The van der Waals surface area contributed by atoms with Crippen LogP contribution in [0.5, 0.6) is 0 Å². The molecular formula is C9H10ClN3. The minimum absolute atomic E-state index is 0.654. The summed E-state index contributed by atoms with van der Waals surface area (Å²) in [4.78, 5) is 4.16. The highest BCUT2D eigenvalue weighted by atomic mass is 35.5. The van der Waals surface area contributed by atoms with E-state index in [1.54, 1.807) is 6.20 Å². The number of fused-ring (bicyclic) bond motifs is 1. The number of imidazole rings is 1. The van der Waals surface area contributed by atoms with E-state index in [0.29, 0.717) is 5.15 Å². The maximum absolute atomic E-state index is 5.99. The number of hydrogen-bond acceptors (Lipinski definition) is 2. The molecule has 0 unspecified atom stereocenters. The summed E-state index contributed by atoms with van der Waals surface area (Å²) in [6, 6.07) is 5.94. The minimum atomic E-state index is 0.654. The van der Waals surface area contributed by atoms with E-state index in [4.69, 9.17) is 11.6 Å². The Labute approximate surface area is 81.4 Å². The summed E-state index contributed by atoms with van der Waals surface area (Å²) >= 11 is 5.99. The van der Waals surface area contributed by atoms with Gasteiger partial charge in [-0.25, -0.2) is 4.98 Å². The van der Waals surface area contributed by atoms with Crippen LogP contribution in [0.2, 0.25) is 5.15 Å². The molecule has 0 atom stereocenters. The third kappa shape index (κ3) is 1.41. The number of hydrogen-bond donors (Lipinski definition) is 1. The molecule has 0 aromatic carbocycles. The molecule has 68 valence electrons. The second-order valence-corrected chi connectivity index (χ2v) is 3.21. The van der Waals surface area contributed by atoms with E-state index >= 15 is 0 Å². The van der Waals surface area contributed by atoms with Gasteiger partial charge in [0, 0.05) is 12.2 Å². The van der Waals surface area contributed by atoms with Crippen LogP contribution in [0.3, 0.4) is 0 Å². The topological polar surface area (TPSA) is 29.3 Å². The number of rotatable bonds is 2. The van der Waals surface area contributed by atoms with E-state index in [0.717, 1.165) is 17.9 Å². The molecule has 4 heteroatoms. The molecule has 0 saturated heterocycles. The molecule has 0 aliphatic rings. The lowest BCUT2D eigenvalue weighted by Gasteiger charge is -2.04. The van der Waals surface area contributed by atoms with Crippen LogP contribution < -0.4 is 5.32 Å². The highest BCUT2D eigenvalue weighted by Crippen LogP contribution is 2.14. The quantitative estimate of drug-likeness (QED) is 0.791. The van der Waals surface area contributed by atoms with Gasteiger partial charge in [-0.2, -0.15) is 0 Å². The van der Waals surface area contributed by atoms with Crippen LogP contribution in [-0.4, -0.2) is 16.4 Å². The Hall–Kier alpha value is -1.06. The predicted molar refractivity (Wildman–Crippen MR) is 53.0 cm³/mol. The molecule has 2 rings (SSSR count). The molecule has 0 aliphatic carbocycles.